The van der Waals surface area contributed by atoms with Gasteiger partial charge in [-0.25, -0.2) is 8.42 Å². The van der Waals surface area contributed by atoms with Gasteiger partial charge in [-0.1, -0.05) is 6.92 Å². The Morgan fingerprint density at radius 2 is 2.00 bits per heavy atom. The average molecular weight is 298 g/mol. The van der Waals surface area contributed by atoms with E-state index in [0.717, 1.165) is 5.75 Å². The number of thioether (sulfide) groups is 1. The fraction of sp³-hybridized carbons (Fsp3) is 0.462. The summed E-state index contributed by atoms with van der Waals surface area (Å²) in [5.74, 6) is 1.95. The summed E-state index contributed by atoms with van der Waals surface area (Å²) < 4.78 is 24.1. The monoisotopic (exact) mass is 298 g/mol. The van der Waals surface area contributed by atoms with Crippen LogP contribution >= 0.6 is 11.8 Å². The Labute approximate surface area is 118 Å². The van der Waals surface area contributed by atoms with Gasteiger partial charge < -0.3 is 5.73 Å². The second-order valence-corrected chi connectivity index (χ2v) is 7.63. The van der Waals surface area contributed by atoms with Gasteiger partial charge in [0, 0.05) is 5.75 Å². The van der Waals surface area contributed by atoms with Crippen LogP contribution in [0.3, 0.4) is 0 Å². The zero-order chi connectivity index (χ0) is 14.3. The van der Waals surface area contributed by atoms with Crippen LogP contribution in [0.5, 0.6) is 0 Å². The molecule has 1 aromatic rings. The lowest BCUT2D eigenvalue weighted by atomic mass is 10.2. The normalized spacial score (nSPS) is 12.9. The Balaban J connectivity index is 2.54. The first-order chi connectivity index (χ1) is 8.99. The van der Waals surface area contributed by atoms with Gasteiger partial charge in [-0.05, 0) is 42.5 Å². The average Bonchev–Trinajstić information content (AvgIpc) is 2.43. The third kappa shape index (κ3) is 5.23. The molecule has 0 aliphatic rings. The lowest BCUT2D eigenvalue weighted by molar-refractivity contribution is 0.597. The lowest BCUT2D eigenvalue weighted by Crippen LogP contribution is -2.14. The molecule has 1 atom stereocenters. The Kier molecular flexibility index (Phi) is 6.35. The van der Waals surface area contributed by atoms with E-state index in [1.807, 2.05) is 13.0 Å². The highest BCUT2D eigenvalue weighted by Crippen LogP contribution is 2.15. The van der Waals surface area contributed by atoms with Crippen LogP contribution in [0.2, 0.25) is 0 Å². The van der Waals surface area contributed by atoms with E-state index in [9.17, 15) is 8.42 Å². The molecule has 0 saturated carbocycles. The van der Waals surface area contributed by atoms with E-state index >= 15 is 0 Å². The Bertz CT molecular complexity index is 533. The molecule has 0 spiro atoms. The number of sulfone groups is 1. The standard InChI is InChI=1S/C13H18N2O2S2/c1-11(8-14)10-18-6-7-19(16,17)13-4-2-12(9-15)3-5-13/h2-5,11H,6-8,10,14H2,1H3. The first-order valence-corrected chi connectivity index (χ1v) is 8.81. The number of nitrogens with two attached hydrogens (primary N) is 1. The molecular weight excluding hydrogens is 280 g/mol. The highest BCUT2D eigenvalue weighted by atomic mass is 32.2. The van der Waals surface area contributed by atoms with Crippen LogP contribution in [0.25, 0.3) is 0 Å². The molecule has 1 aromatic carbocycles. The molecule has 104 valence electrons. The van der Waals surface area contributed by atoms with Crippen molar-refractivity contribution >= 4 is 21.6 Å². The zero-order valence-corrected chi connectivity index (χ0v) is 12.5. The summed E-state index contributed by atoms with van der Waals surface area (Å²) in [7, 11) is -3.25. The summed E-state index contributed by atoms with van der Waals surface area (Å²) in [6.07, 6.45) is 0. The number of nitriles is 1. The SMILES string of the molecule is CC(CN)CSCCS(=O)(=O)c1ccc(C#N)cc1. The summed E-state index contributed by atoms with van der Waals surface area (Å²) in [4.78, 5) is 0.277. The fourth-order valence-electron chi connectivity index (χ4n) is 1.38. The number of benzene rings is 1. The highest BCUT2D eigenvalue weighted by molar-refractivity contribution is 8.00. The molecule has 2 N–H and O–H groups in total. The fourth-order valence-corrected chi connectivity index (χ4v) is 4.22. The van der Waals surface area contributed by atoms with Crippen LogP contribution in [0, 0.1) is 17.2 Å². The quantitative estimate of drug-likeness (QED) is 0.774. The predicted molar refractivity (Wildman–Crippen MR) is 78.8 cm³/mol. The molecule has 19 heavy (non-hydrogen) atoms. The molecule has 0 radical (unpaired) electrons. The van der Waals surface area contributed by atoms with Gasteiger partial charge in [0.15, 0.2) is 9.84 Å². The lowest BCUT2D eigenvalue weighted by Gasteiger charge is -2.08. The van der Waals surface area contributed by atoms with Crippen LogP contribution in [0.4, 0.5) is 0 Å². The molecule has 0 saturated heterocycles. The topological polar surface area (TPSA) is 84.0 Å². The molecule has 0 aromatic heterocycles. The first-order valence-electron chi connectivity index (χ1n) is 6.00. The minimum absolute atomic E-state index is 0.112. The van der Waals surface area contributed by atoms with E-state index < -0.39 is 9.84 Å². The second kappa shape index (κ2) is 7.53. The van der Waals surface area contributed by atoms with Crippen molar-refractivity contribution in [2.24, 2.45) is 11.7 Å². The molecule has 0 aliphatic heterocycles. The summed E-state index contributed by atoms with van der Waals surface area (Å²) in [6, 6.07) is 7.99. The molecular formula is C13H18N2O2S2. The minimum Gasteiger partial charge on any atom is -0.330 e. The first kappa shape index (κ1) is 16.0. The van der Waals surface area contributed by atoms with Crippen molar-refractivity contribution in [3.05, 3.63) is 29.8 Å². The summed E-state index contributed by atoms with van der Waals surface area (Å²) >= 11 is 1.60. The van der Waals surface area contributed by atoms with Crippen molar-refractivity contribution in [3.63, 3.8) is 0 Å². The maximum atomic E-state index is 12.0. The van der Waals surface area contributed by atoms with E-state index in [4.69, 9.17) is 11.0 Å². The van der Waals surface area contributed by atoms with Crippen molar-refractivity contribution in [1.29, 1.82) is 5.26 Å². The summed E-state index contributed by atoms with van der Waals surface area (Å²) in [6.45, 7) is 2.66. The van der Waals surface area contributed by atoms with Crippen molar-refractivity contribution < 1.29 is 8.42 Å². The van der Waals surface area contributed by atoms with E-state index in [2.05, 4.69) is 0 Å². The van der Waals surface area contributed by atoms with Crippen molar-refractivity contribution in [1.82, 2.24) is 0 Å². The summed E-state index contributed by atoms with van der Waals surface area (Å²) in [5, 5.41) is 8.67. The van der Waals surface area contributed by atoms with Gasteiger partial charge in [-0.2, -0.15) is 17.0 Å². The van der Waals surface area contributed by atoms with Crippen molar-refractivity contribution in [2.75, 3.05) is 23.8 Å². The number of hydrogen-bond donors (Lipinski definition) is 1. The highest BCUT2D eigenvalue weighted by Gasteiger charge is 2.14. The van der Waals surface area contributed by atoms with Crippen LogP contribution in [0.15, 0.2) is 29.2 Å². The number of rotatable bonds is 7. The number of nitrogens with zero attached hydrogens (tertiary/aromatic N) is 1. The van der Waals surface area contributed by atoms with Crippen molar-refractivity contribution in [3.8, 4) is 6.07 Å². The Morgan fingerprint density at radius 1 is 1.37 bits per heavy atom. The molecule has 0 amide bonds. The van der Waals surface area contributed by atoms with E-state index in [-0.39, 0.29) is 10.6 Å². The van der Waals surface area contributed by atoms with Crippen molar-refractivity contribution in [2.45, 2.75) is 11.8 Å². The molecule has 4 nitrogen and oxygen atoms in total. The van der Waals surface area contributed by atoms with Gasteiger partial charge in [0.1, 0.15) is 0 Å². The smallest absolute Gasteiger partial charge is 0.179 e. The summed E-state index contributed by atoms with van der Waals surface area (Å²) in [5.41, 5.74) is 5.96. The van der Waals surface area contributed by atoms with Gasteiger partial charge in [-0.15, -0.1) is 0 Å². The maximum Gasteiger partial charge on any atom is 0.179 e. The molecule has 0 bridgehead atoms. The van der Waals surface area contributed by atoms with Gasteiger partial charge in [-0.3, -0.25) is 0 Å². The molecule has 0 fully saturated rings. The number of hydrogen-bond acceptors (Lipinski definition) is 5. The minimum atomic E-state index is -3.25. The maximum absolute atomic E-state index is 12.0. The Morgan fingerprint density at radius 3 is 2.53 bits per heavy atom. The molecule has 1 unspecified atom stereocenters. The second-order valence-electron chi connectivity index (χ2n) is 4.37. The Hall–Kier alpha value is -1.03. The third-order valence-electron chi connectivity index (χ3n) is 2.64. The van der Waals surface area contributed by atoms with E-state index in [1.54, 1.807) is 11.8 Å². The third-order valence-corrected chi connectivity index (χ3v) is 5.93. The molecule has 0 aliphatic carbocycles. The van der Waals surface area contributed by atoms with Crippen LogP contribution in [-0.2, 0) is 9.84 Å². The largest absolute Gasteiger partial charge is 0.330 e. The molecule has 0 heterocycles. The molecule has 6 heteroatoms. The van der Waals surface area contributed by atoms with Crippen LogP contribution in [0.1, 0.15) is 12.5 Å². The van der Waals surface area contributed by atoms with Crippen LogP contribution < -0.4 is 5.73 Å². The van der Waals surface area contributed by atoms with Gasteiger partial charge in [0.05, 0.1) is 22.3 Å². The van der Waals surface area contributed by atoms with Crippen LogP contribution in [-0.4, -0.2) is 32.2 Å². The molecule has 1 rings (SSSR count). The van der Waals surface area contributed by atoms with Gasteiger partial charge >= 0.3 is 0 Å². The predicted octanol–water partition coefficient (Wildman–Crippen LogP) is 1.66. The van der Waals surface area contributed by atoms with Gasteiger partial charge in [0.25, 0.3) is 0 Å². The zero-order valence-electron chi connectivity index (χ0n) is 10.9. The van der Waals surface area contributed by atoms with E-state index in [1.165, 1.54) is 24.3 Å². The van der Waals surface area contributed by atoms with E-state index in [0.29, 0.717) is 23.8 Å². The van der Waals surface area contributed by atoms with Gasteiger partial charge in [0.2, 0.25) is 0 Å².